The van der Waals surface area contributed by atoms with E-state index >= 15 is 0 Å². The van der Waals surface area contributed by atoms with Crippen molar-refractivity contribution < 1.29 is 14.3 Å². The third-order valence-corrected chi connectivity index (χ3v) is 5.22. The van der Waals surface area contributed by atoms with E-state index in [0.29, 0.717) is 23.8 Å². The fourth-order valence-corrected chi connectivity index (χ4v) is 3.60. The minimum Gasteiger partial charge on any atom is -0.493 e. The van der Waals surface area contributed by atoms with E-state index in [1.54, 1.807) is 12.1 Å². The van der Waals surface area contributed by atoms with Crippen molar-refractivity contribution in [3.8, 4) is 5.75 Å². The number of rotatable bonds is 9. The fourth-order valence-electron chi connectivity index (χ4n) is 3.60. The predicted octanol–water partition coefficient (Wildman–Crippen LogP) is 4.83. The summed E-state index contributed by atoms with van der Waals surface area (Å²) in [7, 11) is 0. The molecular weight excluding hydrogens is 390 g/mol. The fraction of sp³-hybridized carbons (Fsp3) is 0.440. The first kappa shape index (κ1) is 22.7. The summed E-state index contributed by atoms with van der Waals surface area (Å²) < 4.78 is 5.70. The summed E-state index contributed by atoms with van der Waals surface area (Å²) in [5.41, 5.74) is 2.03. The highest BCUT2D eigenvalue weighted by atomic mass is 16.5. The van der Waals surface area contributed by atoms with Gasteiger partial charge in [-0.25, -0.2) is 0 Å². The van der Waals surface area contributed by atoms with E-state index in [4.69, 9.17) is 4.74 Å². The molecule has 0 atom stereocenters. The second-order valence-corrected chi connectivity index (χ2v) is 8.52. The molecule has 166 valence electrons. The Morgan fingerprint density at radius 3 is 2.52 bits per heavy atom. The second kappa shape index (κ2) is 11.4. The molecule has 1 fully saturated rings. The van der Waals surface area contributed by atoms with Crippen LogP contribution in [0.4, 0.5) is 11.4 Å². The number of ether oxygens (including phenoxy) is 1. The van der Waals surface area contributed by atoms with E-state index in [1.165, 1.54) is 19.3 Å². The van der Waals surface area contributed by atoms with Gasteiger partial charge in [0.15, 0.2) is 0 Å². The normalized spacial score (nSPS) is 14.2. The molecule has 1 aliphatic rings. The second-order valence-electron chi connectivity index (χ2n) is 8.52. The van der Waals surface area contributed by atoms with Crippen LogP contribution in [0.5, 0.6) is 5.75 Å². The van der Waals surface area contributed by atoms with E-state index in [-0.39, 0.29) is 24.4 Å². The van der Waals surface area contributed by atoms with Gasteiger partial charge in [-0.1, -0.05) is 45.2 Å². The Bertz CT molecular complexity index is 876. The highest BCUT2D eigenvalue weighted by Gasteiger charge is 2.16. The molecule has 6 heteroatoms. The molecule has 1 saturated carbocycles. The number of hydrogen-bond donors (Lipinski definition) is 3. The van der Waals surface area contributed by atoms with Gasteiger partial charge in [-0.05, 0) is 49.1 Å². The lowest BCUT2D eigenvalue weighted by Crippen LogP contribution is -2.36. The maximum absolute atomic E-state index is 12.5. The molecule has 0 bridgehead atoms. The summed E-state index contributed by atoms with van der Waals surface area (Å²) in [4.78, 5) is 24.9. The van der Waals surface area contributed by atoms with E-state index in [0.717, 1.165) is 24.3 Å². The predicted molar refractivity (Wildman–Crippen MR) is 125 cm³/mol. The summed E-state index contributed by atoms with van der Waals surface area (Å²) in [5, 5.41) is 9.09. The molecule has 0 radical (unpaired) electrons. The molecule has 0 saturated heterocycles. The molecule has 3 N–H and O–H groups in total. The number of carbonyl (C=O) groups is 2. The summed E-state index contributed by atoms with van der Waals surface area (Å²) in [6, 6.07) is 14.9. The third kappa shape index (κ3) is 7.63. The van der Waals surface area contributed by atoms with Crippen molar-refractivity contribution in [2.75, 3.05) is 23.8 Å². The molecule has 0 aromatic heterocycles. The Balaban J connectivity index is 1.49. The number of nitrogens with one attached hydrogen (secondary N) is 3. The number of carbonyl (C=O) groups excluding carboxylic acids is 2. The van der Waals surface area contributed by atoms with Gasteiger partial charge in [0.1, 0.15) is 5.75 Å². The highest BCUT2D eigenvalue weighted by molar-refractivity contribution is 5.96. The Labute approximate surface area is 184 Å². The zero-order valence-corrected chi connectivity index (χ0v) is 18.4. The quantitative estimate of drug-likeness (QED) is 0.539. The Morgan fingerprint density at radius 1 is 1.00 bits per heavy atom. The molecule has 6 nitrogen and oxygen atoms in total. The van der Waals surface area contributed by atoms with Gasteiger partial charge in [-0.15, -0.1) is 0 Å². The van der Waals surface area contributed by atoms with Gasteiger partial charge >= 0.3 is 0 Å². The Morgan fingerprint density at radius 2 is 1.74 bits per heavy atom. The van der Waals surface area contributed by atoms with Gasteiger partial charge in [0.2, 0.25) is 5.91 Å². The van der Waals surface area contributed by atoms with Crippen LogP contribution in [0.3, 0.4) is 0 Å². The molecule has 31 heavy (non-hydrogen) atoms. The highest BCUT2D eigenvalue weighted by Crippen LogP contribution is 2.19. The topological polar surface area (TPSA) is 79.5 Å². The summed E-state index contributed by atoms with van der Waals surface area (Å²) in [6.45, 7) is 4.91. The molecule has 0 spiro atoms. The maximum Gasteiger partial charge on any atom is 0.251 e. The van der Waals surface area contributed by atoms with Crippen LogP contribution >= 0.6 is 0 Å². The van der Waals surface area contributed by atoms with Gasteiger partial charge in [-0.3, -0.25) is 9.59 Å². The summed E-state index contributed by atoms with van der Waals surface area (Å²) in [6.07, 6.45) is 5.70. The molecule has 1 aliphatic carbocycles. The van der Waals surface area contributed by atoms with Crippen LogP contribution in [-0.4, -0.2) is 31.0 Å². The standard InChI is InChI=1S/C25H33N3O3/c1-18(2)17-31-23-13-7-12-22(15-23)27-24(29)16-26-21-11-6-8-19(14-21)25(30)28-20-9-4-3-5-10-20/h6-8,11-15,18,20,26H,3-5,9-10,16-17H2,1-2H3,(H,27,29)(H,28,30). The first-order valence-corrected chi connectivity index (χ1v) is 11.2. The van der Waals surface area contributed by atoms with Crippen LogP contribution in [0.25, 0.3) is 0 Å². The SMILES string of the molecule is CC(C)COc1cccc(NC(=O)CNc2cccc(C(=O)NC3CCCCC3)c2)c1. The van der Waals surface area contributed by atoms with Crippen LogP contribution in [0, 0.1) is 5.92 Å². The van der Waals surface area contributed by atoms with Crippen molar-refractivity contribution in [1.29, 1.82) is 0 Å². The zero-order valence-electron chi connectivity index (χ0n) is 18.4. The average Bonchev–Trinajstić information content (AvgIpc) is 2.77. The molecule has 2 aromatic rings. The van der Waals surface area contributed by atoms with Crippen molar-refractivity contribution in [3.05, 3.63) is 54.1 Å². The molecule has 3 rings (SSSR count). The Kier molecular flexibility index (Phi) is 8.33. The van der Waals surface area contributed by atoms with E-state index in [2.05, 4.69) is 29.8 Å². The molecule has 0 heterocycles. The zero-order chi connectivity index (χ0) is 22.1. The van der Waals surface area contributed by atoms with Crippen LogP contribution < -0.4 is 20.7 Å². The van der Waals surface area contributed by atoms with Crippen LogP contribution in [0.1, 0.15) is 56.3 Å². The molecule has 0 aliphatic heterocycles. The number of amides is 2. The van der Waals surface area contributed by atoms with Gasteiger partial charge in [0.05, 0.1) is 13.2 Å². The lowest BCUT2D eigenvalue weighted by atomic mass is 9.95. The van der Waals surface area contributed by atoms with Crippen LogP contribution in [-0.2, 0) is 4.79 Å². The lowest BCUT2D eigenvalue weighted by Gasteiger charge is -2.22. The number of hydrogen-bond acceptors (Lipinski definition) is 4. The minimum atomic E-state index is -0.168. The van der Waals surface area contributed by atoms with Crippen molar-refractivity contribution in [3.63, 3.8) is 0 Å². The van der Waals surface area contributed by atoms with Gasteiger partial charge < -0.3 is 20.7 Å². The average molecular weight is 424 g/mol. The maximum atomic E-state index is 12.5. The number of benzene rings is 2. The molecule has 2 aromatic carbocycles. The van der Waals surface area contributed by atoms with Gasteiger partial charge in [0, 0.05) is 29.0 Å². The van der Waals surface area contributed by atoms with Crippen molar-refractivity contribution in [2.24, 2.45) is 5.92 Å². The monoisotopic (exact) mass is 423 g/mol. The first-order chi connectivity index (χ1) is 15.0. The smallest absolute Gasteiger partial charge is 0.251 e. The van der Waals surface area contributed by atoms with Gasteiger partial charge in [-0.2, -0.15) is 0 Å². The first-order valence-electron chi connectivity index (χ1n) is 11.2. The number of anilines is 2. The lowest BCUT2D eigenvalue weighted by molar-refractivity contribution is -0.114. The van der Waals surface area contributed by atoms with Crippen LogP contribution in [0.2, 0.25) is 0 Å². The summed E-state index contributed by atoms with van der Waals surface area (Å²) in [5.74, 6) is 0.940. The Hall–Kier alpha value is -3.02. The van der Waals surface area contributed by atoms with Gasteiger partial charge in [0.25, 0.3) is 5.91 Å². The van der Waals surface area contributed by atoms with Crippen molar-refractivity contribution in [1.82, 2.24) is 5.32 Å². The van der Waals surface area contributed by atoms with Crippen molar-refractivity contribution >= 4 is 23.2 Å². The molecule has 2 amide bonds. The van der Waals surface area contributed by atoms with Crippen molar-refractivity contribution in [2.45, 2.75) is 52.0 Å². The molecular formula is C25H33N3O3. The third-order valence-electron chi connectivity index (χ3n) is 5.22. The minimum absolute atomic E-state index is 0.0572. The van der Waals surface area contributed by atoms with E-state index in [1.807, 2.05) is 36.4 Å². The molecule has 0 unspecified atom stereocenters. The van der Waals surface area contributed by atoms with E-state index in [9.17, 15) is 9.59 Å². The largest absolute Gasteiger partial charge is 0.493 e. The summed E-state index contributed by atoms with van der Waals surface area (Å²) >= 11 is 0. The van der Waals surface area contributed by atoms with E-state index < -0.39 is 0 Å². The van der Waals surface area contributed by atoms with Crippen LogP contribution in [0.15, 0.2) is 48.5 Å².